The van der Waals surface area contributed by atoms with Crippen molar-refractivity contribution in [3.8, 4) is 0 Å². The summed E-state index contributed by atoms with van der Waals surface area (Å²) in [6.45, 7) is 6.88. The first-order chi connectivity index (χ1) is 9.27. The average Bonchev–Trinajstić information content (AvgIpc) is 2.38. The highest BCUT2D eigenvalue weighted by Crippen LogP contribution is 2.08. The molecule has 7 heteroatoms. The lowest BCUT2D eigenvalue weighted by atomic mass is 9.99. The van der Waals surface area contributed by atoms with Crippen molar-refractivity contribution in [2.75, 3.05) is 0 Å². The first kappa shape index (κ1) is 15.9. The van der Waals surface area contributed by atoms with Gasteiger partial charge in [-0.25, -0.2) is 9.78 Å². The van der Waals surface area contributed by atoms with Gasteiger partial charge in [0.05, 0.1) is 5.69 Å². The van der Waals surface area contributed by atoms with Gasteiger partial charge in [0.15, 0.2) is 5.69 Å². The predicted octanol–water partition coefficient (Wildman–Crippen LogP) is 0.616. The molecule has 0 fully saturated rings. The van der Waals surface area contributed by atoms with Crippen LogP contribution in [0.3, 0.4) is 0 Å². The maximum atomic E-state index is 12.0. The van der Waals surface area contributed by atoms with Gasteiger partial charge in [-0.05, 0) is 19.8 Å². The number of aliphatic carboxylic acids is 1. The molecule has 0 aliphatic heterocycles. The van der Waals surface area contributed by atoms with Crippen molar-refractivity contribution < 1.29 is 14.7 Å². The van der Waals surface area contributed by atoms with E-state index in [0.29, 0.717) is 17.8 Å². The van der Waals surface area contributed by atoms with Crippen molar-refractivity contribution in [2.45, 2.75) is 40.2 Å². The number of carbonyl (C=O) groups excluding carboxylic acids is 1. The van der Waals surface area contributed by atoms with Crippen molar-refractivity contribution in [1.82, 2.24) is 15.3 Å². The first-order valence-corrected chi connectivity index (χ1v) is 6.39. The van der Waals surface area contributed by atoms with Crippen LogP contribution in [-0.2, 0) is 4.79 Å². The number of amides is 1. The van der Waals surface area contributed by atoms with Gasteiger partial charge in [0.1, 0.15) is 6.04 Å². The lowest BCUT2D eigenvalue weighted by Gasteiger charge is -2.19. The predicted molar refractivity (Wildman–Crippen MR) is 72.7 cm³/mol. The molecule has 7 nitrogen and oxygen atoms in total. The number of rotatable bonds is 5. The van der Waals surface area contributed by atoms with Gasteiger partial charge in [0.25, 0.3) is 11.5 Å². The lowest BCUT2D eigenvalue weighted by molar-refractivity contribution is -0.140. The normalized spacial score (nSPS) is 13.6. The Labute approximate surface area is 116 Å². The number of H-pyrrole nitrogens is 1. The zero-order valence-electron chi connectivity index (χ0n) is 12.0. The second-order valence-corrected chi connectivity index (χ2v) is 4.80. The molecule has 20 heavy (non-hydrogen) atoms. The Morgan fingerprint density at radius 2 is 2.00 bits per heavy atom. The highest BCUT2D eigenvalue weighted by Gasteiger charge is 2.27. The third-order valence-corrected chi connectivity index (χ3v) is 3.32. The number of carboxylic acid groups (broad SMARTS) is 1. The van der Waals surface area contributed by atoms with Gasteiger partial charge >= 0.3 is 5.97 Å². The number of carboxylic acids is 1. The molecule has 1 aromatic heterocycles. The smallest absolute Gasteiger partial charge is 0.326 e. The van der Waals surface area contributed by atoms with Gasteiger partial charge in [-0.15, -0.1) is 0 Å². The molecular formula is C13H19N3O4. The van der Waals surface area contributed by atoms with Crippen LogP contribution in [0.1, 0.15) is 42.1 Å². The number of hydrogen-bond acceptors (Lipinski definition) is 4. The maximum absolute atomic E-state index is 12.0. The molecule has 110 valence electrons. The van der Waals surface area contributed by atoms with E-state index < -0.39 is 23.5 Å². The van der Waals surface area contributed by atoms with E-state index in [2.05, 4.69) is 15.3 Å². The summed E-state index contributed by atoms with van der Waals surface area (Å²) < 4.78 is 0. The summed E-state index contributed by atoms with van der Waals surface area (Å²) in [4.78, 5) is 41.3. The second kappa shape index (κ2) is 6.31. The number of nitrogens with one attached hydrogen (secondary N) is 2. The van der Waals surface area contributed by atoms with E-state index in [9.17, 15) is 14.4 Å². The minimum atomic E-state index is -1.13. The van der Waals surface area contributed by atoms with Crippen LogP contribution in [0, 0.1) is 19.8 Å². The number of aryl methyl sites for hydroxylation is 2. The third-order valence-electron chi connectivity index (χ3n) is 3.32. The molecule has 0 aromatic carbocycles. The molecule has 0 bridgehead atoms. The minimum absolute atomic E-state index is 0.248. The van der Waals surface area contributed by atoms with Crippen molar-refractivity contribution in [3.63, 3.8) is 0 Å². The molecular weight excluding hydrogens is 262 g/mol. The van der Waals surface area contributed by atoms with Crippen LogP contribution in [0.2, 0.25) is 0 Å². The summed E-state index contributed by atoms with van der Waals surface area (Å²) in [7, 11) is 0. The number of aromatic amines is 1. The van der Waals surface area contributed by atoms with Crippen LogP contribution in [-0.4, -0.2) is 33.0 Å². The van der Waals surface area contributed by atoms with Gasteiger partial charge in [-0.2, -0.15) is 0 Å². The molecule has 2 atom stereocenters. The summed E-state index contributed by atoms with van der Waals surface area (Å²) in [5.74, 6) is -2.16. The minimum Gasteiger partial charge on any atom is -0.480 e. The van der Waals surface area contributed by atoms with Gasteiger partial charge < -0.3 is 15.4 Å². The number of carbonyl (C=O) groups is 2. The largest absolute Gasteiger partial charge is 0.480 e. The number of nitrogens with zero attached hydrogens (tertiary/aromatic N) is 1. The first-order valence-electron chi connectivity index (χ1n) is 6.39. The molecule has 1 heterocycles. The maximum Gasteiger partial charge on any atom is 0.326 e. The van der Waals surface area contributed by atoms with Crippen LogP contribution in [0.25, 0.3) is 0 Å². The molecule has 0 spiro atoms. The van der Waals surface area contributed by atoms with Crippen LogP contribution in [0.4, 0.5) is 0 Å². The second-order valence-electron chi connectivity index (χ2n) is 4.80. The summed E-state index contributed by atoms with van der Waals surface area (Å²) in [5, 5.41) is 11.5. The van der Waals surface area contributed by atoms with Crippen LogP contribution in [0.15, 0.2) is 4.79 Å². The fraction of sp³-hybridized carbons (Fsp3) is 0.538. The number of aromatic nitrogens is 2. The summed E-state index contributed by atoms with van der Waals surface area (Å²) in [5.41, 5.74) is 0.148. The molecule has 0 radical (unpaired) electrons. The Kier molecular flexibility index (Phi) is 5.01. The van der Waals surface area contributed by atoms with Gasteiger partial charge in [0.2, 0.25) is 0 Å². The average molecular weight is 281 g/mol. The quantitative estimate of drug-likeness (QED) is 0.732. The monoisotopic (exact) mass is 281 g/mol. The standard InChI is InChI=1S/C13H19N3O4/c1-5-6(2)9(13(19)20)16-12(18)10-11(17)15-8(4)7(3)14-10/h6,9H,5H2,1-4H3,(H,15,17)(H,16,18)(H,19,20)/t6-,9-/m0/s1. The Bertz CT molecular complexity index is 579. The fourth-order valence-electron chi connectivity index (χ4n) is 1.67. The third kappa shape index (κ3) is 3.43. The van der Waals surface area contributed by atoms with E-state index in [1.165, 1.54) is 0 Å². The van der Waals surface area contributed by atoms with Crippen LogP contribution < -0.4 is 10.9 Å². The van der Waals surface area contributed by atoms with Crippen molar-refractivity contribution in [3.05, 3.63) is 27.4 Å². The fourth-order valence-corrected chi connectivity index (χ4v) is 1.67. The summed E-state index contributed by atoms with van der Waals surface area (Å²) in [6.07, 6.45) is 0.591. The van der Waals surface area contributed by atoms with E-state index >= 15 is 0 Å². The van der Waals surface area contributed by atoms with E-state index in [0.717, 1.165) is 0 Å². The van der Waals surface area contributed by atoms with Crippen LogP contribution in [0.5, 0.6) is 0 Å². The summed E-state index contributed by atoms with van der Waals surface area (Å²) in [6, 6.07) is -1.05. The molecule has 1 amide bonds. The molecule has 1 rings (SSSR count). The molecule has 0 aliphatic rings. The highest BCUT2D eigenvalue weighted by molar-refractivity contribution is 5.94. The van der Waals surface area contributed by atoms with Crippen molar-refractivity contribution in [2.24, 2.45) is 5.92 Å². The van der Waals surface area contributed by atoms with Gasteiger partial charge in [0, 0.05) is 5.69 Å². The highest BCUT2D eigenvalue weighted by atomic mass is 16.4. The van der Waals surface area contributed by atoms with Crippen molar-refractivity contribution >= 4 is 11.9 Å². The van der Waals surface area contributed by atoms with Crippen LogP contribution >= 0.6 is 0 Å². The number of hydrogen-bond donors (Lipinski definition) is 3. The Balaban J connectivity index is 3.04. The summed E-state index contributed by atoms with van der Waals surface area (Å²) >= 11 is 0. The van der Waals surface area contributed by atoms with E-state index in [4.69, 9.17) is 5.11 Å². The SMILES string of the molecule is CC[C@H](C)[C@H](NC(=O)c1nc(C)c(C)[nH]c1=O)C(=O)O. The Hall–Kier alpha value is -2.18. The molecule has 1 aromatic rings. The zero-order valence-corrected chi connectivity index (χ0v) is 12.0. The molecule has 0 saturated heterocycles. The Morgan fingerprint density at radius 3 is 2.50 bits per heavy atom. The van der Waals surface area contributed by atoms with Gasteiger partial charge in [-0.1, -0.05) is 20.3 Å². The Morgan fingerprint density at radius 1 is 1.40 bits per heavy atom. The van der Waals surface area contributed by atoms with E-state index in [1.807, 2.05) is 6.92 Å². The van der Waals surface area contributed by atoms with Crippen molar-refractivity contribution in [1.29, 1.82) is 0 Å². The molecule has 0 unspecified atom stereocenters. The van der Waals surface area contributed by atoms with E-state index in [1.54, 1.807) is 20.8 Å². The topological polar surface area (TPSA) is 112 Å². The molecule has 0 aliphatic carbocycles. The zero-order chi connectivity index (χ0) is 15.4. The van der Waals surface area contributed by atoms with Gasteiger partial charge in [-0.3, -0.25) is 9.59 Å². The van der Waals surface area contributed by atoms with E-state index in [-0.39, 0.29) is 11.6 Å². The molecule has 3 N–H and O–H groups in total. The lowest BCUT2D eigenvalue weighted by Crippen LogP contribution is -2.46. The molecule has 0 saturated carbocycles.